The molecule has 0 heterocycles. The van der Waals surface area contributed by atoms with Gasteiger partial charge < -0.3 is 0 Å². The molecule has 0 saturated heterocycles. The molecule has 20 heavy (non-hydrogen) atoms. The molecule has 2 aromatic rings. The van der Waals surface area contributed by atoms with Crippen molar-refractivity contribution in [2.24, 2.45) is 5.92 Å². The second-order valence-electron chi connectivity index (χ2n) is 4.79. The van der Waals surface area contributed by atoms with Gasteiger partial charge in [0.2, 0.25) is 0 Å². The highest BCUT2D eigenvalue weighted by Gasteiger charge is 2.12. The Kier molecular flexibility index (Phi) is 6.60. The SMILES string of the molecule is Clc1cc(Br)ccc1CC(CBr)Cc1ccc(Br)cc1. The molecule has 0 aliphatic heterocycles. The molecule has 106 valence electrons. The van der Waals surface area contributed by atoms with E-state index in [1.807, 2.05) is 12.1 Å². The molecule has 1 unspecified atom stereocenters. The molecule has 0 fully saturated rings. The van der Waals surface area contributed by atoms with Crippen LogP contribution in [0.4, 0.5) is 0 Å². The van der Waals surface area contributed by atoms with Gasteiger partial charge in [-0.05, 0) is 54.2 Å². The van der Waals surface area contributed by atoms with Gasteiger partial charge in [-0.25, -0.2) is 0 Å². The topological polar surface area (TPSA) is 0 Å². The molecule has 0 amide bonds. The monoisotopic (exact) mass is 478 g/mol. The second kappa shape index (κ2) is 7.98. The molecule has 1 atom stereocenters. The summed E-state index contributed by atoms with van der Waals surface area (Å²) in [6.45, 7) is 0. The van der Waals surface area contributed by atoms with Gasteiger partial charge in [0, 0.05) is 19.3 Å². The van der Waals surface area contributed by atoms with Crippen LogP contribution in [-0.2, 0) is 12.8 Å². The van der Waals surface area contributed by atoms with E-state index in [1.54, 1.807) is 0 Å². The smallest absolute Gasteiger partial charge is 0.0449 e. The van der Waals surface area contributed by atoms with E-state index in [9.17, 15) is 0 Å². The summed E-state index contributed by atoms with van der Waals surface area (Å²) in [5, 5.41) is 1.80. The Morgan fingerprint density at radius 3 is 2.15 bits per heavy atom. The van der Waals surface area contributed by atoms with Crippen molar-refractivity contribution >= 4 is 59.4 Å². The summed E-state index contributed by atoms with van der Waals surface area (Å²) < 4.78 is 2.14. The Hall–Kier alpha value is 0.170. The predicted octanol–water partition coefficient (Wildman–Crippen LogP) is 6.66. The Morgan fingerprint density at radius 2 is 1.55 bits per heavy atom. The summed E-state index contributed by atoms with van der Waals surface area (Å²) in [5.74, 6) is 0.537. The molecule has 0 aromatic heterocycles. The third kappa shape index (κ3) is 4.87. The number of hydrogen-bond donors (Lipinski definition) is 0. The lowest BCUT2D eigenvalue weighted by atomic mass is 9.94. The average molecular weight is 481 g/mol. The predicted molar refractivity (Wildman–Crippen MR) is 98.0 cm³/mol. The van der Waals surface area contributed by atoms with Crippen molar-refractivity contribution in [3.8, 4) is 0 Å². The van der Waals surface area contributed by atoms with Crippen LogP contribution < -0.4 is 0 Å². The first-order chi connectivity index (χ1) is 9.58. The molecule has 0 spiro atoms. The van der Waals surface area contributed by atoms with E-state index in [2.05, 4.69) is 78.1 Å². The number of hydrogen-bond acceptors (Lipinski definition) is 0. The number of alkyl halides is 1. The van der Waals surface area contributed by atoms with E-state index in [0.717, 1.165) is 32.1 Å². The summed E-state index contributed by atoms with van der Waals surface area (Å²) in [7, 11) is 0. The Morgan fingerprint density at radius 1 is 0.900 bits per heavy atom. The fraction of sp³-hybridized carbons (Fsp3) is 0.250. The highest BCUT2D eigenvalue weighted by Crippen LogP contribution is 2.26. The molecule has 4 heteroatoms. The van der Waals surface area contributed by atoms with Crippen LogP contribution >= 0.6 is 59.4 Å². The van der Waals surface area contributed by atoms with Crippen LogP contribution in [0.2, 0.25) is 5.02 Å². The summed E-state index contributed by atoms with van der Waals surface area (Å²) in [4.78, 5) is 0. The van der Waals surface area contributed by atoms with Crippen molar-refractivity contribution < 1.29 is 0 Å². The highest BCUT2D eigenvalue weighted by molar-refractivity contribution is 9.10. The molecule has 2 aromatic carbocycles. The molecular weight excluding hydrogens is 467 g/mol. The van der Waals surface area contributed by atoms with Crippen molar-refractivity contribution in [3.05, 3.63) is 67.6 Å². The lowest BCUT2D eigenvalue weighted by Crippen LogP contribution is -2.10. The van der Waals surface area contributed by atoms with Crippen LogP contribution in [0.1, 0.15) is 11.1 Å². The van der Waals surface area contributed by atoms with Gasteiger partial charge in [-0.1, -0.05) is 77.6 Å². The zero-order valence-electron chi connectivity index (χ0n) is 10.8. The summed E-state index contributed by atoms with van der Waals surface area (Å²) >= 11 is 16.8. The lowest BCUT2D eigenvalue weighted by molar-refractivity contribution is 0.591. The standard InChI is InChI=1S/C16H14Br3Cl/c17-10-12(7-11-1-4-14(18)5-2-11)8-13-3-6-15(19)9-16(13)20/h1-6,9,12H,7-8,10H2. The maximum atomic E-state index is 6.30. The first-order valence-corrected chi connectivity index (χ1v) is 9.41. The Balaban J connectivity index is 2.07. The average Bonchev–Trinajstić information content (AvgIpc) is 2.43. The lowest BCUT2D eigenvalue weighted by Gasteiger charge is -2.15. The molecule has 0 N–H and O–H groups in total. The zero-order valence-corrected chi connectivity index (χ0v) is 16.3. The third-order valence-corrected chi connectivity index (χ3v) is 5.47. The number of benzene rings is 2. The molecule has 0 radical (unpaired) electrons. The molecule has 2 rings (SSSR count). The minimum Gasteiger partial charge on any atom is -0.0925 e. The quantitative estimate of drug-likeness (QED) is 0.419. The van der Waals surface area contributed by atoms with E-state index >= 15 is 0 Å². The van der Waals surface area contributed by atoms with Gasteiger partial charge in [0.25, 0.3) is 0 Å². The minimum absolute atomic E-state index is 0.537. The van der Waals surface area contributed by atoms with E-state index in [1.165, 1.54) is 11.1 Å². The van der Waals surface area contributed by atoms with Crippen molar-refractivity contribution in [3.63, 3.8) is 0 Å². The summed E-state index contributed by atoms with van der Waals surface area (Å²) in [5.41, 5.74) is 2.56. The minimum atomic E-state index is 0.537. The van der Waals surface area contributed by atoms with Crippen molar-refractivity contribution in [2.45, 2.75) is 12.8 Å². The van der Waals surface area contributed by atoms with E-state index in [-0.39, 0.29) is 0 Å². The van der Waals surface area contributed by atoms with Crippen LogP contribution in [0.5, 0.6) is 0 Å². The Bertz CT molecular complexity index is 566. The maximum absolute atomic E-state index is 6.30. The van der Waals surface area contributed by atoms with Gasteiger partial charge in [0.15, 0.2) is 0 Å². The normalized spacial score (nSPS) is 12.4. The first kappa shape index (κ1) is 16.5. The van der Waals surface area contributed by atoms with Gasteiger partial charge in [-0.15, -0.1) is 0 Å². The fourth-order valence-electron chi connectivity index (χ4n) is 2.13. The second-order valence-corrected chi connectivity index (χ2v) is 7.68. The fourth-order valence-corrected chi connectivity index (χ4v) is 3.61. The van der Waals surface area contributed by atoms with Gasteiger partial charge in [-0.3, -0.25) is 0 Å². The number of halogens is 4. The molecule has 0 bridgehead atoms. The van der Waals surface area contributed by atoms with Crippen molar-refractivity contribution in [1.29, 1.82) is 0 Å². The maximum Gasteiger partial charge on any atom is 0.0449 e. The highest BCUT2D eigenvalue weighted by atomic mass is 79.9. The Labute approximate surface area is 150 Å². The summed E-state index contributed by atoms with van der Waals surface area (Å²) in [6, 6.07) is 14.6. The van der Waals surface area contributed by atoms with Crippen LogP contribution in [0.3, 0.4) is 0 Å². The van der Waals surface area contributed by atoms with E-state index < -0.39 is 0 Å². The molecule has 0 nitrogen and oxygen atoms in total. The number of rotatable bonds is 5. The van der Waals surface area contributed by atoms with E-state index in [4.69, 9.17) is 11.6 Å². The van der Waals surface area contributed by atoms with Gasteiger partial charge >= 0.3 is 0 Å². The van der Waals surface area contributed by atoms with Gasteiger partial charge in [-0.2, -0.15) is 0 Å². The van der Waals surface area contributed by atoms with Crippen LogP contribution in [0.15, 0.2) is 51.4 Å². The van der Waals surface area contributed by atoms with E-state index in [0.29, 0.717) is 5.92 Å². The molecule has 0 saturated carbocycles. The summed E-state index contributed by atoms with van der Waals surface area (Å²) in [6.07, 6.45) is 2.03. The van der Waals surface area contributed by atoms with Crippen molar-refractivity contribution in [2.75, 3.05) is 5.33 Å². The van der Waals surface area contributed by atoms with Gasteiger partial charge in [0.1, 0.15) is 0 Å². The largest absolute Gasteiger partial charge is 0.0925 e. The van der Waals surface area contributed by atoms with Gasteiger partial charge in [0.05, 0.1) is 0 Å². The molecule has 0 aliphatic rings. The van der Waals surface area contributed by atoms with Crippen LogP contribution in [-0.4, -0.2) is 5.33 Å². The zero-order chi connectivity index (χ0) is 14.5. The molecule has 0 aliphatic carbocycles. The first-order valence-electron chi connectivity index (χ1n) is 6.33. The third-order valence-electron chi connectivity index (χ3n) is 3.18. The van der Waals surface area contributed by atoms with Crippen molar-refractivity contribution in [1.82, 2.24) is 0 Å². The van der Waals surface area contributed by atoms with Crippen LogP contribution in [0, 0.1) is 5.92 Å². The van der Waals surface area contributed by atoms with Crippen LogP contribution in [0.25, 0.3) is 0 Å². The molecular formula is C16H14Br3Cl.